The molecule has 0 atom stereocenters. The first-order valence-corrected chi connectivity index (χ1v) is 7.77. The largest absolute Gasteiger partial charge is 0.497 e. The van der Waals surface area contributed by atoms with Crippen LogP contribution >= 0.6 is 0 Å². The molecule has 8 nitrogen and oxygen atoms in total. The number of hydrogen-bond acceptors (Lipinski definition) is 7. The average molecular weight is 328 g/mol. The van der Waals surface area contributed by atoms with Crippen molar-refractivity contribution in [3.63, 3.8) is 0 Å². The molecular formula is C16H20N6O2. The van der Waals surface area contributed by atoms with E-state index in [-0.39, 0.29) is 5.91 Å². The van der Waals surface area contributed by atoms with Crippen LogP contribution in [0.5, 0.6) is 5.75 Å². The molecule has 1 saturated heterocycles. The Bertz CT molecular complexity index is 698. The van der Waals surface area contributed by atoms with Crippen LogP contribution < -0.4 is 19.9 Å². The predicted octanol–water partition coefficient (Wildman–Crippen LogP) is 0.566. The minimum absolute atomic E-state index is 0.233. The number of aromatic nitrogens is 3. The summed E-state index contributed by atoms with van der Waals surface area (Å²) >= 11 is 0. The second-order valence-electron chi connectivity index (χ2n) is 5.38. The second-order valence-corrected chi connectivity index (χ2v) is 5.38. The van der Waals surface area contributed by atoms with Crippen LogP contribution in [-0.2, 0) is 0 Å². The van der Waals surface area contributed by atoms with Crippen LogP contribution in [0.25, 0.3) is 0 Å². The normalized spacial score (nSPS) is 14.4. The Morgan fingerprint density at radius 3 is 2.38 bits per heavy atom. The Labute approximate surface area is 140 Å². The minimum atomic E-state index is -0.233. The number of nitrogens with zero attached hydrogens (tertiary/aromatic N) is 5. The van der Waals surface area contributed by atoms with E-state index < -0.39 is 0 Å². The summed E-state index contributed by atoms with van der Waals surface area (Å²) in [5.41, 5.74) is 0.320. The zero-order chi connectivity index (χ0) is 16.9. The van der Waals surface area contributed by atoms with Gasteiger partial charge in [0.05, 0.1) is 7.11 Å². The molecule has 0 radical (unpaired) electrons. The summed E-state index contributed by atoms with van der Waals surface area (Å²) in [5, 5.41) is 10.7. The maximum atomic E-state index is 11.5. The molecule has 0 spiro atoms. The van der Waals surface area contributed by atoms with Crippen LogP contribution in [0.3, 0.4) is 0 Å². The van der Waals surface area contributed by atoms with Crippen LogP contribution in [0.15, 0.2) is 30.5 Å². The molecule has 2 aromatic rings. The molecule has 1 N–H and O–H groups in total. The lowest BCUT2D eigenvalue weighted by molar-refractivity contribution is 0.0957. The summed E-state index contributed by atoms with van der Waals surface area (Å²) in [5.74, 6) is 2.26. The van der Waals surface area contributed by atoms with Gasteiger partial charge in [-0.15, -0.1) is 10.2 Å². The van der Waals surface area contributed by atoms with E-state index in [0.29, 0.717) is 5.69 Å². The molecular weight excluding hydrogens is 308 g/mol. The second kappa shape index (κ2) is 7.12. The van der Waals surface area contributed by atoms with E-state index in [4.69, 9.17) is 4.74 Å². The zero-order valence-corrected chi connectivity index (χ0v) is 13.8. The highest BCUT2D eigenvalue weighted by molar-refractivity contribution is 5.91. The van der Waals surface area contributed by atoms with Crippen molar-refractivity contribution in [2.75, 3.05) is 50.1 Å². The first-order valence-electron chi connectivity index (χ1n) is 7.77. The van der Waals surface area contributed by atoms with E-state index in [9.17, 15) is 4.79 Å². The van der Waals surface area contributed by atoms with Gasteiger partial charge in [0.15, 0.2) is 11.5 Å². The summed E-state index contributed by atoms with van der Waals surface area (Å²) < 4.78 is 5.25. The van der Waals surface area contributed by atoms with Gasteiger partial charge in [0.25, 0.3) is 5.91 Å². The Kier molecular flexibility index (Phi) is 4.74. The van der Waals surface area contributed by atoms with Gasteiger partial charge in [0, 0.05) is 45.5 Å². The van der Waals surface area contributed by atoms with Crippen molar-refractivity contribution in [1.82, 2.24) is 20.5 Å². The number of hydrogen-bond donors (Lipinski definition) is 1. The first kappa shape index (κ1) is 16.0. The van der Waals surface area contributed by atoms with E-state index in [1.165, 1.54) is 0 Å². The topological polar surface area (TPSA) is 83.5 Å². The van der Waals surface area contributed by atoms with Crippen LogP contribution in [0.2, 0.25) is 0 Å². The van der Waals surface area contributed by atoms with Gasteiger partial charge in [0.2, 0.25) is 0 Å². The lowest BCUT2D eigenvalue weighted by Gasteiger charge is -2.35. The molecule has 0 unspecified atom stereocenters. The van der Waals surface area contributed by atoms with E-state index >= 15 is 0 Å². The molecule has 1 aliphatic heterocycles. The number of piperazine rings is 1. The maximum Gasteiger partial charge on any atom is 0.271 e. The highest BCUT2D eigenvalue weighted by atomic mass is 16.5. The summed E-state index contributed by atoms with van der Waals surface area (Å²) in [6.07, 6.45) is 1.75. The summed E-state index contributed by atoms with van der Waals surface area (Å²) in [6, 6.07) is 7.30. The molecule has 0 bridgehead atoms. The average Bonchev–Trinajstić information content (AvgIpc) is 2.67. The molecule has 1 fully saturated rings. The predicted molar refractivity (Wildman–Crippen MR) is 90.6 cm³/mol. The Morgan fingerprint density at radius 2 is 1.79 bits per heavy atom. The third-order valence-electron chi connectivity index (χ3n) is 3.99. The maximum absolute atomic E-state index is 11.5. The number of anilines is 2. The lowest BCUT2D eigenvalue weighted by Crippen LogP contribution is -2.47. The van der Waals surface area contributed by atoms with Gasteiger partial charge in [-0.3, -0.25) is 4.79 Å². The highest BCUT2D eigenvalue weighted by Crippen LogP contribution is 2.20. The van der Waals surface area contributed by atoms with Crippen LogP contribution in [-0.4, -0.2) is 61.4 Å². The Balaban J connectivity index is 1.63. The Hall–Kier alpha value is -2.90. The van der Waals surface area contributed by atoms with Crippen molar-refractivity contribution in [2.45, 2.75) is 0 Å². The fourth-order valence-electron chi connectivity index (χ4n) is 2.61. The molecule has 1 amide bonds. The van der Waals surface area contributed by atoms with Crippen molar-refractivity contribution in [3.05, 3.63) is 36.2 Å². The van der Waals surface area contributed by atoms with Crippen molar-refractivity contribution >= 4 is 17.5 Å². The molecule has 0 saturated carbocycles. The molecule has 126 valence electrons. The van der Waals surface area contributed by atoms with Crippen molar-refractivity contribution < 1.29 is 9.53 Å². The number of carbonyl (C=O) groups excluding carboxylic acids is 1. The monoisotopic (exact) mass is 328 g/mol. The number of nitrogens with one attached hydrogen (secondary N) is 1. The smallest absolute Gasteiger partial charge is 0.271 e. The third kappa shape index (κ3) is 3.37. The molecule has 3 rings (SSSR count). The van der Waals surface area contributed by atoms with Gasteiger partial charge < -0.3 is 19.9 Å². The number of rotatable bonds is 4. The van der Waals surface area contributed by atoms with Crippen molar-refractivity contribution in [1.29, 1.82) is 0 Å². The summed E-state index contributed by atoms with van der Waals surface area (Å²) in [6.45, 7) is 3.29. The lowest BCUT2D eigenvalue weighted by atomic mass is 10.3. The molecule has 0 aromatic carbocycles. The first-order chi connectivity index (χ1) is 11.7. The number of methoxy groups -OCH3 is 1. The number of pyridine rings is 1. The fourth-order valence-corrected chi connectivity index (χ4v) is 2.61. The molecule has 8 heteroatoms. The van der Waals surface area contributed by atoms with E-state index in [2.05, 4.69) is 30.3 Å². The summed E-state index contributed by atoms with van der Waals surface area (Å²) in [4.78, 5) is 20.3. The zero-order valence-electron chi connectivity index (χ0n) is 13.8. The minimum Gasteiger partial charge on any atom is -0.497 e. The van der Waals surface area contributed by atoms with Crippen LogP contribution in [0, 0.1) is 0 Å². The van der Waals surface area contributed by atoms with Gasteiger partial charge in [-0.2, -0.15) is 0 Å². The number of amides is 1. The fraction of sp³-hybridized carbons (Fsp3) is 0.375. The van der Waals surface area contributed by atoms with Crippen LogP contribution in [0.4, 0.5) is 11.6 Å². The number of carbonyl (C=O) groups is 1. The Morgan fingerprint density at radius 1 is 1.08 bits per heavy atom. The van der Waals surface area contributed by atoms with Gasteiger partial charge in [-0.1, -0.05) is 0 Å². The molecule has 24 heavy (non-hydrogen) atoms. The van der Waals surface area contributed by atoms with E-state index in [1.807, 2.05) is 18.2 Å². The SMILES string of the molecule is CNC(=O)c1ccc(N2CCN(c3cc(OC)ccn3)CC2)nn1. The van der Waals surface area contributed by atoms with Gasteiger partial charge in [-0.25, -0.2) is 4.98 Å². The van der Waals surface area contributed by atoms with E-state index in [1.54, 1.807) is 26.4 Å². The molecule has 0 aliphatic carbocycles. The third-order valence-corrected chi connectivity index (χ3v) is 3.99. The highest BCUT2D eigenvalue weighted by Gasteiger charge is 2.20. The van der Waals surface area contributed by atoms with Crippen molar-refractivity contribution in [2.24, 2.45) is 0 Å². The van der Waals surface area contributed by atoms with Crippen LogP contribution in [0.1, 0.15) is 10.5 Å². The quantitative estimate of drug-likeness (QED) is 0.878. The van der Waals surface area contributed by atoms with Gasteiger partial charge in [-0.05, 0) is 18.2 Å². The number of ether oxygens (including phenoxy) is 1. The molecule has 1 aliphatic rings. The molecule has 3 heterocycles. The van der Waals surface area contributed by atoms with Gasteiger partial charge in [0.1, 0.15) is 11.6 Å². The van der Waals surface area contributed by atoms with Gasteiger partial charge >= 0.3 is 0 Å². The van der Waals surface area contributed by atoms with E-state index in [0.717, 1.165) is 43.6 Å². The van der Waals surface area contributed by atoms with Crippen molar-refractivity contribution in [3.8, 4) is 5.75 Å². The molecule has 2 aromatic heterocycles. The summed E-state index contributed by atoms with van der Waals surface area (Å²) in [7, 11) is 3.22. The standard InChI is InChI=1S/C16H20N6O2/c1-17-16(23)13-3-4-14(20-19-13)21-7-9-22(10-8-21)15-11-12(24-2)5-6-18-15/h3-6,11H,7-10H2,1-2H3,(H,17,23).